The first-order chi connectivity index (χ1) is 9.35. The average molecular weight is 290 g/mol. The standard InChI is InChI=1S/C19H40B2/c1-10-16(2,3)19(8,9)15-20-21-13-11-17(4,5)18(6,7)12-14-21/h20H,10-15H2,1-9H3. The zero-order valence-electron chi connectivity index (χ0n) is 16.5. The third-order valence-corrected chi connectivity index (χ3v) is 8.08. The van der Waals surface area contributed by atoms with Crippen molar-refractivity contribution >= 4 is 13.8 Å². The number of hydrogen-bond donors (Lipinski definition) is 0. The zero-order valence-corrected chi connectivity index (χ0v) is 16.5. The smallest absolute Gasteiger partial charge is 0.0802 e. The molecule has 1 saturated heterocycles. The van der Waals surface area contributed by atoms with Crippen molar-refractivity contribution in [3.05, 3.63) is 0 Å². The Morgan fingerprint density at radius 3 is 1.67 bits per heavy atom. The molecule has 1 aliphatic rings. The van der Waals surface area contributed by atoms with Crippen molar-refractivity contribution in [2.75, 3.05) is 0 Å². The second-order valence-electron chi connectivity index (χ2n) is 10.4. The second-order valence-corrected chi connectivity index (χ2v) is 10.4. The molecule has 1 aliphatic heterocycles. The molecule has 0 nitrogen and oxygen atoms in total. The van der Waals surface area contributed by atoms with E-state index in [0.717, 1.165) is 6.60 Å². The van der Waals surface area contributed by atoms with Gasteiger partial charge in [0.15, 0.2) is 0 Å². The molecule has 122 valence electrons. The van der Waals surface area contributed by atoms with Crippen molar-refractivity contribution in [3.63, 3.8) is 0 Å². The van der Waals surface area contributed by atoms with Gasteiger partial charge in [0, 0.05) is 0 Å². The largest absolute Gasteiger partial charge is 0.105 e. The molecule has 1 heterocycles. The molecular weight excluding hydrogens is 250 g/mol. The highest BCUT2D eigenvalue weighted by molar-refractivity contribution is 7.12. The predicted octanol–water partition coefficient (Wildman–Crippen LogP) is 6.14. The molecule has 2 heteroatoms. The van der Waals surface area contributed by atoms with Crippen molar-refractivity contribution in [2.24, 2.45) is 21.7 Å². The third-order valence-electron chi connectivity index (χ3n) is 8.08. The van der Waals surface area contributed by atoms with Crippen LogP contribution in [0.5, 0.6) is 0 Å². The van der Waals surface area contributed by atoms with Gasteiger partial charge in [-0.1, -0.05) is 101 Å². The molecule has 0 saturated carbocycles. The zero-order chi connectivity index (χ0) is 16.5. The van der Waals surface area contributed by atoms with Gasteiger partial charge in [0.25, 0.3) is 0 Å². The van der Waals surface area contributed by atoms with Crippen LogP contribution in [0.3, 0.4) is 0 Å². The lowest BCUT2D eigenvalue weighted by atomic mass is 9.16. The van der Waals surface area contributed by atoms with Crippen molar-refractivity contribution < 1.29 is 0 Å². The van der Waals surface area contributed by atoms with Crippen LogP contribution in [0.1, 0.15) is 81.6 Å². The molecule has 0 spiro atoms. The van der Waals surface area contributed by atoms with Gasteiger partial charge >= 0.3 is 0 Å². The van der Waals surface area contributed by atoms with Crippen LogP contribution >= 0.6 is 0 Å². The van der Waals surface area contributed by atoms with Gasteiger partial charge in [0.1, 0.15) is 6.60 Å². The number of rotatable bonds is 5. The van der Waals surface area contributed by atoms with E-state index in [0.29, 0.717) is 21.7 Å². The van der Waals surface area contributed by atoms with Crippen molar-refractivity contribution in [2.45, 2.75) is 101 Å². The topological polar surface area (TPSA) is 0 Å². The maximum atomic E-state index is 2.49. The minimum absolute atomic E-state index is 0.455. The minimum Gasteiger partial charge on any atom is -0.0802 e. The van der Waals surface area contributed by atoms with Gasteiger partial charge in [-0.05, 0) is 21.7 Å². The highest BCUT2D eigenvalue weighted by atomic mass is 14.4. The molecule has 0 radical (unpaired) electrons. The van der Waals surface area contributed by atoms with Crippen LogP contribution in [-0.2, 0) is 0 Å². The Hall–Kier alpha value is 0.130. The van der Waals surface area contributed by atoms with Crippen molar-refractivity contribution in [1.29, 1.82) is 0 Å². The average Bonchev–Trinajstić information content (AvgIpc) is 2.46. The van der Waals surface area contributed by atoms with Gasteiger partial charge in [0.05, 0.1) is 7.17 Å². The summed E-state index contributed by atoms with van der Waals surface area (Å²) in [6.07, 6.45) is 8.37. The van der Waals surface area contributed by atoms with E-state index in [-0.39, 0.29) is 0 Å². The quantitative estimate of drug-likeness (QED) is 0.533. The van der Waals surface area contributed by atoms with E-state index in [1.54, 1.807) is 0 Å². The fourth-order valence-electron chi connectivity index (χ4n) is 3.62. The molecule has 0 atom stereocenters. The van der Waals surface area contributed by atoms with Crippen LogP contribution < -0.4 is 0 Å². The SMILES string of the molecule is CCC(C)(C)C(C)(C)CBB1CCC(C)(C)C(C)(C)CC1. The lowest BCUT2D eigenvalue weighted by Crippen LogP contribution is -2.36. The highest BCUT2D eigenvalue weighted by Gasteiger charge is 2.41. The molecule has 0 unspecified atom stereocenters. The van der Waals surface area contributed by atoms with Crippen molar-refractivity contribution in [1.82, 2.24) is 0 Å². The van der Waals surface area contributed by atoms with Gasteiger partial charge in [-0.2, -0.15) is 0 Å². The Kier molecular flexibility index (Phi) is 5.78. The van der Waals surface area contributed by atoms with E-state index in [1.807, 2.05) is 0 Å². The molecular formula is C19H40B2. The molecule has 1 rings (SSSR count). The predicted molar refractivity (Wildman–Crippen MR) is 102 cm³/mol. The van der Waals surface area contributed by atoms with Crippen molar-refractivity contribution in [3.8, 4) is 0 Å². The summed E-state index contributed by atoms with van der Waals surface area (Å²) in [5, 5.41) is 0. The van der Waals surface area contributed by atoms with E-state index in [1.165, 1.54) is 45.4 Å². The van der Waals surface area contributed by atoms with Crippen LogP contribution in [0.4, 0.5) is 0 Å². The summed E-state index contributed by atoms with van der Waals surface area (Å²) in [6, 6.07) is 0. The highest BCUT2D eigenvalue weighted by Crippen LogP contribution is 2.49. The summed E-state index contributed by atoms with van der Waals surface area (Å²) in [4.78, 5) is 0. The molecule has 1 fully saturated rings. The van der Waals surface area contributed by atoms with E-state index in [4.69, 9.17) is 0 Å². The first-order valence-corrected chi connectivity index (χ1v) is 9.35. The maximum absolute atomic E-state index is 2.49. The number of hydrogen-bond acceptors (Lipinski definition) is 0. The summed E-state index contributed by atoms with van der Waals surface area (Å²) in [5.41, 5.74) is 1.91. The molecule has 0 aromatic carbocycles. The van der Waals surface area contributed by atoms with E-state index < -0.39 is 0 Å². The third kappa shape index (κ3) is 4.32. The Morgan fingerprint density at radius 1 is 0.857 bits per heavy atom. The molecule has 0 aromatic heterocycles. The second kappa shape index (κ2) is 6.32. The van der Waals surface area contributed by atoms with E-state index in [9.17, 15) is 0 Å². The normalized spacial score (nSPS) is 22.8. The minimum atomic E-state index is 0.455. The summed E-state index contributed by atoms with van der Waals surface area (Å²) in [7, 11) is 1.43. The van der Waals surface area contributed by atoms with Crippen LogP contribution in [0, 0.1) is 21.7 Å². The summed E-state index contributed by atoms with van der Waals surface area (Å²) >= 11 is 0. The molecule has 0 aromatic rings. The van der Waals surface area contributed by atoms with E-state index >= 15 is 0 Å². The first kappa shape index (κ1) is 19.2. The molecule has 0 N–H and O–H groups in total. The monoisotopic (exact) mass is 290 g/mol. The summed E-state index contributed by atoms with van der Waals surface area (Å²) in [6.45, 7) is 23.1. The van der Waals surface area contributed by atoms with Gasteiger partial charge in [0.2, 0.25) is 0 Å². The lowest BCUT2D eigenvalue weighted by Gasteiger charge is -2.42. The fourth-order valence-corrected chi connectivity index (χ4v) is 3.62. The van der Waals surface area contributed by atoms with Gasteiger partial charge in [-0.3, -0.25) is 0 Å². The molecule has 0 amide bonds. The lowest BCUT2D eigenvalue weighted by molar-refractivity contribution is 0.104. The Bertz CT molecular complexity index is 321. The van der Waals surface area contributed by atoms with Gasteiger partial charge in [-0.25, -0.2) is 0 Å². The van der Waals surface area contributed by atoms with Gasteiger partial charge < -0.3 is 0 Å². The van der Waals surface area contributed by atoms with Crippen LogP contribution in [0.2, 0.25) is 19.0 Å². The molecule has 0 aliphatic carbocycles. The van der Waals surface area contributed by atoms with E-state index in [2.05, 4.69) is 62.3 Å². The van der Waals surface area contributed by atoms with Crippen LogP contribution in [-0.4, -0.2) is 13.8 Å². The molecule has 0 bridgehead atoms. The van der Waals surface area contributed by atoms with Gasteiger partial charge in [-0.15, -0.1) is 0 Å². The first-order valence-electron chi connectivity index (χ1n) is 9.35. The Labute approximate surface area is 136 Å². The van der Waals surface area contributed by atoms with Crippen LogP contribution in [0.15, 0.2) is 0 Å². The Morgan fingerprint density at radius 2 is 1.29 bits per heavy atom. The Balaban J connectivity index is 2.62. The fraction of sp³-hybridized carbons (Fsp3) is 1.00. The van der Waals surface area contributed by atoms with Crippen LogP contribution in [0.25, 0.3) is 0 Å². The maximum Gasteiger partial charge on any atom is 0.105 e. The molecule has 21 heavy (non-hydrogen) atoms. The summed E-state index contributed by atoms with van der Waals surface area (Å²) < 4.78 is 0. The summed E-state index contributed by atoms with van der Waals surface area (Å²) in [5.74, 6) is 0.